The maximum Gasteiger partial charge on any atom is 0.238 e. The largest absolute Gasteiger partial charge is 0.437 e. The summed E-state index contributed by atoms with van der Waals surface area (Å²) in [4.78, 5) is 16.1. The molecule has 6 heteroatoms. The van der Waals surface area contributed by atoms with Crippen LogP contribution in [0.15, 0.2) is 54.7 Å². The van der Waals surface area contributed by atoms with Crippen molar-refractivity contribution >= 4 is 16.9 Å². The predicted molar refractivity (Wildman–Crippen MR) is 91.1 cm³/mol. The molecule has 0 atom stereocenters. The molecule has 0 aliphatic rings. The van der Waals surface area contributed by atoms with E-state index in [9.17, 15) is 0 Å². The van der Waals surface area contributed by atoms with Crippen molar-refractivity contribution in [2.75, 3.05) is 0 Å². The summed E-state index contributed by atoms with van der Waals surface area (Å²) in [5.74, 6) is 1.54. The normalized spacial score (nSPS) is 10.9. The first-order chi connectivity index (χ1) is 11.7. The van der Waals surface area contributed by atoms with Crippen LogP contribution >= 0.6 is 0 Å². The first kappa shape index (κ1) is 14.2. The van der Waals surface area contributed by atoms with Gasteiger partial charge in [-0.25, -0.2) is 15.0 Å². The summed E-state index contributed by atoms with van der Waals surface area (Å²) >= 11 is 0. The van der Waals surface area contributed by atoms with Crippen molar-refractivity contribution in [3.63, 3.8) is 0 Å². The van der Waals surface area contributed by atoms with Gasteiger partial charge in [0.2, 0.25) is 5.88 Å². The van der Waals surface area contributed by atoms with E-state index >= 15 is 0 Å². The average Bonchev–Trinajstić information content (AvgIpc) is 3.00. The van der Waals surface area contributed by atoms with Crippen LogP contribution in [-0.4, -0.2) is 19.9 Å². The molecule has 1 radical (unpaired) electrons. The van der Waals surface area contributed by atoms with Crippen molar-refractivity contribution in [2.24, 2.45) is 0 Å². The van der Waals surface area contributed by atoms with E-state index in [0.717, 1.165) is 16.6 Å². The zero-order valence-electron chi connectivity index (χ0n) is 12.9. The molecule has 2 aromatic heterocycles. The summed E-state index contributed by atoms with van der Waals surface area (Å²) in [7, 11) is 0. The Hall–Kier alpha value is -3.41. The van der Waals surface area contributed by atoms with Crippen molar-refractivity contribution in [3.05, 3.63) is 60.3 Å². The second-order valence-electron chi connectivity index (χ2n) is 5.43. The molecular formula is C18H14N5O. The molecule has 117 valence electrons. The lowest BCUT2D eigenvalue weighted by molar-refractivity contribution is 0.461. The number of nitrogens with zero attached hydrogens (tertiary/aromatic N) is 3. The molecule has 0 aliphatic carbocycles. The number of imidazole rings is 1. The van der Waals surface area contributed by atoms with Crippen molar-refractivity contribution in [1.82, 2.24) is 25.7 Å². The molecule has 0 bridgehead atoms. The fourth-order valence-corrected chi connectivity index (χ4v) is 2.43. The van der Waals surface area contributed by atoms with Gasteiger partial charge >= 0.3 is 0 Å². The molecule has 4 aromatic rings. The van der Waals surface area contributed by atoms with Gasteiger partial charge in [0.1, 0.15) is 5.75 Å². The van der Waals surface area contributed by atoms with E-state index in [4.69, 9.17) is 10.5 Å². The summed E-state index contributed by atoms with van der Waals surface area (Å²) < 4.78 is 5.69. The van der Waals surface area contributed by atoms with E-state index in [1.54, 1.807) is 0 Å². The van der Waals surface area contributed by atoms with Gasteiger partial charge in [-0.2, -0.15) is 0 Å². The van der Waals surface area contributed by atoms with E-state index in [1.807, 2.05) is 55.5 Å². The number of ether oxygens (including phenoxy) is 1. The number of hydrogen-bond acceptors (Lipinski definition) is 4. The smallest absolute Gasteiger partial charge is 0.238 e. The van der Waals surface area contributed by atoms with Crippen molar-refractivity contribution in [3.8, 4) is 23.1 Å². The Morgan fingerprint density at radius 2 is 1.88 bits per heavy atom. The Morgan fingerprint density at radius 1 is 1.04 bits per heavy atom. The lowest BCUT2D eigenvalue weighted by Crippen LogP contribution is -1.95. The first-order valence-electron chi connectivity index (χ1n) is 7.47. The highest BCUT2D eigenvalue weighted by Crippen LogP contribution is 2.27. The Labute approximate surface area is 138 Å². The van der Waals surface area contributed by atoms with Crippen molar-refractivity contribution in [1.29, 1.82) is 0 Å². The molecular weight excluding hydrogens is 302 g/mol. The number of benzene rings is 2. The minimum absolute atomic E-state index is 0.0474. The number of rotatable bonds is 3. The van der Waals surface area contributed by atoms with Crippen molar-refractivity contribution in [2.45, 2.75) is 6.92 Å². The Kier molecular flexibility index (Phi) is 3.35. The van der Waals surface area contributed by atoms with Crippen LogP contribution in [0, 0.1) is 6.92 Å². The second-order valence-corrected chi connectivity index (χ2v) is 5.43. The number of aromatic nitrogens is 4. The molecule has 24 heavy (non-hydrogen) atoms. The number of para-hydroxylation sites is 1. The summed E-state index contributed by atoms with van der Waals surface area (Å²) in [5, 5.41) is 0. The minimum atomic E-state index is 0.0474. The van der Waals surface area contributed by atoms with Gasteiger partial charge in [0.25, 0.3) is 0 Å². The summed E-state index contributed by atoms with van der Waals surface area (Å²) in [6.07, 6.45) is 1.44. The highest BCUT2D eigenvalue weighted by Gasteiger charge is 2.14. The lowest BCUT2D eigenvalue weighted by Gasteiger charge is -2.06. The number of aromatic amines is 1. The van der Waals surface area contributed by atoms with E-state index in [1.165, 1.54) is 6.20 Å². The van der Waals surface area contributed by atoms with E-state index in [-0.39, 0.29) is 5.82 Å². The van der Waals surface area contributed by atoms with Crippen LogP contribution in [0.25, 0.3) is 22.6 Å². The molecule has 2 N–H and O–H groups in total. The number of hydrogen-bond donors (Lipinski definition) is 1. The third-order valence-electron chi connectivity index (χ3n) is 3.58. The second kappa shape index (κ2) is 5.66. The van der Waals surface area contributed by atoms with Crippen LogP contribution in [-0.2, 0) is 0 Å². The average molecular weight is 316 g/mol. The first-order valence-corrected chi connectivity index (χ1v) is 7.47. The predicted octanol–water partition coefficient (Wildman–Crippen LogP) is 4.04. The van der Waals surface area contributed by atoms with Crippen LogP contribution in [0.2, 0.25) is 0 Å². The van der Waals surface area contributed by atoms with Crippen LogP contribution in [0.3, 0.4) is 0 Å². The van der Waals surface area contributed by atoms with E-state index < -0.39 is 0 Å². The van der Waals surface area contributed by atoms with Crippen molar-refractivity contribution < 1.29 is 4.74 Å². The molecule has 2 heterocycles. The van der Waals surface area contributed by atoms with E-state index in [2.05, 4.69) is 19.9 Å². The number of H-pyrrole nitrogens is 1. The standard InChI is InChI=1S/C18H14N5O/c1-11-7-8-13-14(9-11)22-18(21-13)16-17(19)20-10-15(23-16)24-12-5-3-2-4-6-12/h2-10,19H,1H3,(H,21,22). The zero-order valence-corrected chi connectivity index (χ0v) is 12.9. The summed E-state index contributed by atoms with van der Waals surface area (Å²) in [5.41, 5.74) is 11.2. The minimum Gasteiger partial charge on any atom is -0.437 e. The summed E-state index contributed by atoms with van der Waals surface area (Å²) in [6.45, 7) is 2.02. The van der Waals surface area contributed by atoms with Crippen LogP contribution in [0.4, 0.5) is 5.82 Å². The maximum absolute atomic E-state index is 8.01. The lowest BCUT2D eigenvalue weighted by atomic mass is 10.2. The van der Waals surface area contributed by atoms with Gasteiger partial charge in [-0.1, -0.05) is 24.3 Å². The molecule has 0 spiro atoms. The van der Waals surface area contributed by atoms with Gasteiger partial charge in [0, 0.05) is 0 Å². The van der Waals surface area contributed by atoms with Gasteiger partial charge in [-0.15, -0.1) is 0 Å². The number of fused-ring (bicyclic) bond motifs is 1. The van der Waals surface area contributed by atoms with Gasteiger partial charge < -0.3 is 9.72 Å². The molecule has 0 aliphatic heterocycles. The third-order valence-corrected chi connectivity index (χ3v) is 3.58. The van der Waals surface area contributed by atoms with Crippen LogP contribution < -0.4 is 10.5 Å². The molecule has 0 saturated heterocycles. The quantitative estimate of drug-likeness (QED) is 0.618. The highest BCUT2D eigenvalue weighted by atomic mass is 16.5. The fourth-order valence-electron chi connectivity index (χ4n) is 2.43. The molecule has 0 saturated carbocycles. The molecule has 0 fully saturated rings. The van der Waals surface area contributed by atoms with Gasteiger partial charge in [0.15, 0.2) is 17.3 Å². The SMILES string of the molecule is Cc1ccc2nc(-c3nc(Oc4ccccc4)cnc3[NH])[nH]c2c1. The van der Waals surface area contributed by atoms with Gasteiger partial charge in [-0.05, 0) is 36.8 Å². The molecule has 0 amide bonds. The monoisotopic (exact) mass is 316 g/mol. The molecule has 6 nitrogen and oxygen atoms in total. The highest BCUT2D eigenvalue weighted by molar-refractivity contribution is 5.80. The zero-order chi connectivity index (χ0) is 16.5. The topological polar surface area (TPSA) is 87.5 Å². The third kappa shape index (κ3) is 2.65. The molecule has 0 unspecified atom stereocenters. The van der Waals surface area contributed by atoms with Crippen LogP contribution in [0.5, 0.6) is 11.6 Å². The maximum atomic E-state index is 8.01. The summed E-state index contributed by atoms with van der Waals surface area (Å²) in [6, 6.07) is 15.3. The Bertz CT molecular complexity index is 1010. The van der Waals surface area contributed by atoms with Gasteiger partial charge in [0.05, 0.1) is 17.2 Å². The van der Waals surface area contributed by atoms with E-state index in [0.29, 0.717) is 23.1 Å². The number of aryl methyl sites for hydroxylation is 1. The van der Waals surface area contributed by atoms with Crippen LogP contribution in [0.1, 0.15) is 5.56 Å². The molecule has 2 aromatic carbocycles. The Balaban J connectivity index is 1.74. The Morgan fingerprint density at radius 3 is 2.71 bits per heavy atom. The van der Waals surface area contributed by atoms with Gasteiger partial charge in [-0.3, -0.25) is 5.73 Å². The number of nitrogens with one attached hydrogen (secondary N) is 2. The fraction of sp³-hybridized carbons (Fsp3) is 0.0556. The molecule has 4 rings (SSSR count).